The Hall–Kier alpha value is -3.35. The van der Waals surface area contributed by atoms with E-state index in [9.17, 15) is 9.59 Å². The minimum absolute atomic E-state index is 0.0846. The Morgan fingerprint density at radius 3 is 2.27 bits per heavy atom. The molecule has 3 aromatic rings. The molecule has 2 amide bonds. The van der Waals surface area contributed by atoms with Crippen molar-refractivity contribution in [3.63, 3.8) is 0 Å². The number of rotatable bonds is 3. The molecular weight excluding hydrogens is 334 g/mol. The van der Waals surface area contributed by atoms with Crippen LogP contribution in [0, 0.1) is 0 Å². The average Bonchev–Trinajstić information content (AvgIpc) is 3.40. The van der Waals surface area contributed by atoms with Crippen LogP contribution >= 0.6 is 0 Å². The normalized spacial score (nSPS) is 14.5. The zero-order chi connectivity index (χ0) is 17.9. The maximum absolute atomic E-state index is 12.6. The summed E-state index contributed by atoms with van der Waals surface area (Å²) in [5.74, 6) is 0.285. The van der Waals surface area contributed by atoms with Crippen molar-refractivity contribution in [2.24, 2.45) is 0 Å². The van der Waals surface area contributed by atoms with Gasteiger partial charge in [-0.1, -0.05) is 35.5 Å². The maximum Gasteiger partial charge on any atom is 0.276 e. The Morgan fingerprint density at radius 1 is 0.923 bits per heavy atom. The first-order chi connectivity index (χ1) is 12.7. The minimum atomic E-state index is -0.189. The molecule has 0 aliphatic carbocycles. The van der Waals surface area contributed by atoms with Crippen molar-refractivity contribution in [3.05, 3.63) is 66.2 Å². The van der Waals surface area contributed by atoms with E-state index in [-0.39, 0.29) is 17.5 Å². The molecule has 0 radical (unpaired) electrons. The van der Waals surface area contributed by atoms with Crippen LogP contribution in [0.1, 0.15) is 20.8 Å². The number of amides is 2. The molecule has 0 atom stereocenters. The van der Waals surface area contributed by atoms with Gasteiger partial charge >= 0.3 is 0 Å². The van der Waals surface area contributed by atoms with Crippen molar-refractivity contribution in [2.75, 3.05) is 26.2 Å². The second-order valence-corrected chi connectivity index (χ2v) is 6.04. The third-order valence-corrected chi connectivity index (χ3v) is 4.41. The highest BCUT2D eigenvalue weighted by atomic mass is 16.5. The molecule has 1 aromatic carbocycles. The number of hydrogen-bond donors (Lipinski definition) is 0. The van der Waals surface area contributed by atoms with E-state index in [4.69, 9.17) is 8.94 Å². The van der Waals surface area contributed by atoms with Gasteiger partial charge in [-0.05, 0) is 6.07 Å². The molecule has 26 heavy (non-hydrogen) atoms. The van der Waals surface area contributed by atoms with Gasteiger partial charge in [-0.25, -0.2) is 0 Å². The SMILES string of the molecule is O=C(c1ccoc1)N1CCN(C(=O)c2cc(-c3ccccc3)on2)CC1. The van der Waals surface area contributed by atoms with E-state index < -0.39 is 0 Å². The lowest BCUT2D eigenvalue weighted by Crippen LogP contribution is -2.50. The summed E-state index contributed by atoms with van der Waals surface area (Å²) >= 11 is 0. The predicted molar refractivity (Wildman–Crippen MR) is 92.5 cm³/mol. The lowest BCUT2D eigenvalue weighted by molar-refractivity contribution is 0.0529. The fraction of sp³-hybridized carbons (Fsp3) is 0.211. The highest BCUT2D eigenvalue weighted by Gasteiger charge is 2.27. The zero-order valence-corrected chi connectivity index (χ0v) is 14.0. The molecule has 0 unspecified atom stereocenters. The van der Waals surface area contributed by atoms with Crippen LogP contribution in [0.2, 0.25) is 0 Å². The van der Waals surface area contributed by atoms with Gasteiger partial charge in [0.05, 0.1) is 11.8 Å². The summed E-state index contributed by atoms with van der Waals surface area (Å²) in [6.07, 6.45) is 2.91. The molecule has 3 heterocycles. The highest BCUT2D eigenvalue weighted by molar-refractivity contribution is 5.95. The summed E-state index contributed by atoms with van der Waals surface area (Å²) in [6, 6.07) is 12.8. The van der Waals surface area contributed by atoms with Crippen molar-refractivity contribution in [1.82, 2.24) is 15.0 Å². The van der Waals surface area contributed by atoms with Crippen LogP contribution in [-0.2, 0) is 0 Å². The van der Waals surface area contributed by atoms with Gasteiger partial charge in [-0.2, -0.15) is 0 Å². The summed E-state index contributed by atoms with van der Waals surface area (Å²) in [5, 5.41) is 3.90. The molecule has 0 spiro atoms. The standard InChI is InChI=1S/C19H17N3O4/c23-18(15-6-11-25-13-15)21-7-9-22(10-8-21)19(24)16-12-17(26-20-16)14-4-2-1-3-5-14/h1-6,11-13H,7-10H2. The van der Waals surface area contributed by atoms with E-state index in [1.165, 1.54) is 12.5 Å². The van der Waals surface area contributed by atoms with Gasteiger partial charge < -0.3 is 18.7 Å². The van der Waals surface area contributed by atoms with Gasteiger partial charge in [-0.15, -0.1) is 0 Å². The first-order valence-corrected chi connectivity index (χ1v) is 8.35. The monoisotopic (exact) mass is 351 g/mol. The lowest BCUT2D eigenvalue weighted by atomic mass is 10.1. The molecule has 1 aliphatic rings. The fourth-order valence-electron chi connectivity index (χ4n) is 2.96. The van der Waals surface area contributed by atoms with E-state index in [2.05, 4.69) is 5.16 Å². The topological polar surface area (TPSA) is 79.8 Å². The molecule has 1 fully saturated rings. The Morgan fingerprint density at radius 2 is 1.62 bits per heavy atom. The van der Waals surface area contributed by atoms with Crippen LogP contribution in [0.4, 0.5) is 0 Å². The van der Waals surface area contributed by atoms with Gasteiger partial charge in [0.2, 0.25) is 0 Å². The highest BCUT2D eigenvalue weighted by Crippen LogP contribution is 2.21. The predicted octanol–water partition coefficient (Wildman–Crippen LogP) is 2.53. The third-order valence-electron chi connectivity index (χ3n) is 4.41. The average molecular weight is 351 g/mol. The van der Waals surface area contributed by atoms with Crippen molar-refractivity contribution in [2.45, 2.75) is 0 Å². The Labute approximate surface area is 149 Å². The number of piperazine rings is 1. The lowest BCUT2D eigenvalue weighted by Gasteiger charge is -2.34. The van der Waals surface area contributed by atoms with E-state index in [1.54, 1.807) is 21.9 Å². The van der Waals surface area contributed by atoms with Crippen LogP contribution in [-0.4, -0.2) is 52.9 Å². The van der Waals surface area contributed by atoms with Gasteiger partial charge in [0.25, 0.3) is 11.8 Å². The number of furan rings is 1. The minimum Gasteiger partial charge on any atom is -0.472 e. The number of carbonyl (C=O) groups is 2. The summed E-state index contributed by atoms with van der Waals surface area (Å²) in [5.41, 5.74) is 1.67. The third kappa shape index (κ3) is 3.11. The molecule has 7 nitrogen and oxygen atoms in total. The Balaban J connectivity index is 1.40. The van der Waals surface area contributed by atoms with Gasteiger partial charge in [0, 0.05) is 37.8 Å². The first kappa shape index (κ1) is 16.1. The van der Waals surface area contributed by atoms with Crippen LogP contribution in [0.3, 0.4) is 0 Å². The van der Waals surface area contributed by atoms with Gasteiger partial charge in [0.15, 0.2) is 11.5 Å². The van der Waals surface area contributed by atoms with E-state index in [1.807, 2.05) is 30.3 Å². The number of nitrogens with zero attached hydrogens (tertiary/aromatic N) is 3. The molecule has 0 saturated carbocycles. The van der Waals surface area contributed by atoms with Crippen LogP contribution in [0.5, 0.6) is 0 Å². The summed E-state index contributed by atoms with van der Waals surface area (Å²) in [7, 11) is 0. The van der Waals surface area contributed by atoms with Gasteiger partial charge in [0.1, 0.15) is 6.26 Å². The van der Waals surface area contributed by atoms with Crippen molar-refractivity contribution in [1.29, 1.82) is 0 Å². The molecule has 1 saturated heterocycles. The molecule has 0 bridgehead atoms. The number of carbonyl (C=O) groups excluding carboxylic acids is 2. The smallest absolute Gasteiger partial charge is 0.276 e. The van der Waals surface area contributed by atoms with Crippen molar-refractivity contribution in [3.8, 4) is 11.3 Å². The summed E-state index contributed by atoms with van der Waals surface area (Å²) in [6.45, 7) is 1.85. The molecule has 4 rings (SSSR count). The van der Waals surface area contributed by atoms with Crippen LogP contribution in [0.25, 0.3) is 11.3 Å². The molecule has 2 aromatic heterocycles. The van der Waals surface area contributed by atoms with E-state index >= 15 is 0 Å². The maximum atomic E-state index is 12.6. The molecular formula is C19H17N3O4. The molecule has 132 valence electrons. The Bertz CT molecular complexity index is 894. The second-order valence-electron chi connectivity index (χ2n) is 6.04. The number of benzene rings is 1. The molecule has 1 aliphatic heterocycles. The molecule has 7 heteroatoms. The largest absolute Gasteiger partial charge is 0.472 e. The zero-order valence-electron chi connectivity index (χ0n) is 14.0. The number of aromatic nitrogens is 1. The van der Waals surface area contributed by atoms with E-state index in [0.29, 0.717) is 37.5 Å². The fourth-order valence-corrected chi connectivity index (χ4v) is 2.96. The summed E-state index contributed by atoms with van der Waals surface area (Å²) < 4.78 is 10.3. The first-order valence-electron chi connectivity index (χ1n) is 8.35. The second kappa shape index (κ2) is 6.87. The molecule has 0 N–H and O–H groups in total. The summed E-state index contributed by atoms with van der Waals surface area (Å²) in [4.78, 5) is 28.3. The van der Waals surface area contributed by atoms with Crippen molar-refractivity contribution < 1.29 is 18.5 Å². The van der Waals surface area contributed by atoms with Crippen LogP contribution in [0.15, 0.2) is 63.9 Å². The van der Waals surface area contributed by atoms with Crippen LogP contribution < -0.4 is 0 Å². The van der Waals surface area contributed by atoms with Crippen molar-refractivity contribution >= 4 is 11.8 Å². The van der Waals surface area contributed by atoms with E-state index in [0.717, 1.165) is 5.56 Å². The van der Waals surface area contributed by atoms with Gasteiger partial charge in [-0.3, -0.25) is 9.59 Å². The number of hydrogen-bond acceptors (Lipinski definition) is 5. The quantitative estimate of drug-likeness (QED) is 0.724. The Kier molecular flexibility index (Phi) is 4.27.